The lowest BCUT2D eigenvalue weighted by atomic mass is 10.1. The van der Waals surface area contributed by atoms with Crippen molar-refractivity contribution in [2.75, 3.05) is 0 Å². The number of aromatic nitrogens is 1. The monoisotopic (exact) mass is 273 g/mol. The minimum Gasteiger partial charge on any atom is -0.454 e. The molecule has 4 aromatic rings. The van der Waals surface area contributed by atoms with Crippen molar-refractivity contribution in [3.63, 3.8) is 0 Å². The zero-order valence-corrected chi connectivity index (χ0v) is 11.1. The van der Waals surface area contributed by atoms with Crippen molar-refractivity contribution in [3.8, 4) is 11.5 Å². The number of carbonyl (C=O) groups is 1. The Bertz CT molecular complexity index is 969. The summed E-state index contributed by atoms with van der Waals surface area (Å²) < 4.78 is 5.82. The van der Waals surface area contributed by atoms with E-state index in [2.05, 4.69) is 4.98 Å². The van der Waals surface area contributed by atoms with Gasteiger partial charge in [0, 0.05) is 16.3 Å². The van der Waals surface area contributed by atoms with E-state index in [-0.39, 0.29) is 0 Å². The molecule has 21 heavy (non-hydrogen) atoms. The Morgan fingerprint density at radius 3 is 2.71 bits per heavy atom. The van der Waals surface area contributed by atoms with Crippen LogP contribution in [-0.4, -0.2) is 11.3 Å². The fraction of sp³-hybridized carbons (Fsp3) is 0. The highest BCUT2D eigenvalue weighted by Gasteiger charge is 2.08. The Morgan fingerprint density at radius 2 is 1.81 bits per heavy atom. The Hall–Kier alpha value is -2.94. The Labute approximate surface area is 120 Å². The third kappa shape index (κ3) is 1.99. The van der Waals surface area contributed by atoms with E-state index >= 15 is 0 Å². The van der Waals surface area contributed by atoms with Crippen LogP contribution in [0.5, 0.6) is 0 Å². The summed E-state index contributed by atoms with van der Waals surface area (Å²) >= 11 is 0. The van der Waals surface area contributed by atoms with E-state index in [9.17, 15) is 4.79 Å². The van der Waals surface area contributed by atoms with Crippen LogP contribution in [0.2, 0.25) is 0 Å². The fourth-order valence-electron chi connectivity index (χ4n) is 2.46. The molecular formula is C18H11NO2. The molecule has 3 nitrogen and oxygen atoms in total. The number of carbonyl (C=O) groups excluding carboxylic acids is 1. The van der Waals surface area contributed by atoms with Gasteiger partial charge in [-0.05, 0) is 36.4 Å². The summed E-state index contributed by atoms with van der Waals surface area (Å²) in [6, 6.07) is 19.2. The molecule has 2 aromatic heterocycles. The molecule has 0 aliphatic heterocycles. The molecule has 0 radical (unpaired) electrons. The fourth-order valence-corrected chi connectivity index (χ4v) is 2.46. The number of pyridine rings is 1. The minimum atomic E-state index is 0.640. The predicted molar refractivity (Wildman–Crippen MR) is 82.3 cm³/mol. The number of rotatable bonds is 2. The normalized spacial score (nSPS) is 11.0. The minimum absolute atomic E-state index is 0.640. The lowest BCUT2D eigenvalue weighted by Gasteiger charge is -1.99. The van der Waals surface area contributed by atoms with Crippen LogP contribution in [0.4, 0.5) is 0 Å². The molecule has 100 valence electrons. The average molecular weight is 273 g/mol. The van der Waals surface area contributed by atoms with E-state index < -0.39 is 0 Å². The highest BCUT2D eigenvalue weighted by atomic mass is 16.3. The largest absolute Gasteiger partial charge is 0.454 e. The highest BCUT2D eigenvalue weighted by molar-refractivity contribution is 5.89. The van der Waals surface area contributed by atoms with Crippen molar-refractivity contribution < 1.29 is 9.21 Å². The maximum Gasteiger partial charge on any atom is 0.153 e. The van der Waals surface area contributed by atoms with Crippen LogP contribution in [0, 0.1) is 0 Å². The van der Waals surface area contributed by atoms with Gasteiger partial charge in [0.15, 0.2) is 5.76 Å². The first-order chi connectivity index (χ1) is 10.3. The first-order valence-electron chi connectivity index (χ1n) is 6.68. The van der Waals surface area contributed by atoms with Crippen molar-refractivity contribution in [2.45, 2.75) is 0 Å². The molecule has 0 aliphatic carbocycles. The van der Waals surface area contributed by atoms with Crippen molar-refractivity contribution in [2.24, 2.45) is 0 Å². The number of para-hydroxylation sites is 1. The number of furan rings is 1. The first kappa shape index (κ1) is 11.9. The van der Waals surface area contributed by atoms with Gasteiger partial charge in [-0.25, -0.2) is 4.98 Å². The summed E-state index contributed by atoms with van der Waals surface area (Å²) in [6.45, 7) is 0. The third-order valence-corrected chi connectivity index (χ3v) is 3.53. The van der Waals surface area contributed by atoms with E-state index in [1.807, 2.05) is 54.6 Å². The molecular weight excluding hydrogens is 262 g/mol. The van der Waals surface area contributed by atoms with E-state index in [0.717, 1.165) is 33.9 Å². The molecule has 0 amide bonds. The molecule has 4 rings (SSSR count). The van der Waals surface area contributed by atoms with Gasteiger partial charge in [0.2, 0.25) is 0 Å². The van der Waals surface area contributed by atoms with Crippen molar-refractivity contribution in [3.05, 3.63) is 66.2 Å². The zero-order chi connectivity index (χ0) is 14.2. The molecule has 0 bridgehead atoms. The molecule has 2 heterocycles. The van der Waals surface area contributed by atoms with Crippen LogP contribution in [0.15, 0.2) is 65.1 Å². The second-order valence-electron chi connectivity index (χ2n) is 4.91. The van der Waals surface area contributed by atoms with E-state index in [1.165, 1.54) is 0 Å². The van der Waals surface area contributed by atoms with E-state index in [4.69, 9.17) is 4.42 Å². The molecule has 0 saturated carbocycles. The number of aldehydes is 1. The average Bonchev–Trinajstić information content (AvgIpc) is 2.97. The van der Waals surface area contributed by atoms with Gasteiger partial charge in [0.1, 0.15) is 17.6 Å². The molecule has 0 aliphatic rings. The predicted octanol–water partition coefficient (Wildman–Crippen LogP) is 4.46. The first-order valence-corrected chi connectivity index (χ1v) is 6.68. The van der Waals surface area contributed by atoms with Crippen molar-refractivity contribution in [1.29, 1.82) is 0 Å². The molecule has 0 unspecified atom stereocenters. The highest BCUT2D eigenvalue weighted by Crippen LogP contribution is 2.28. The summed E-state index contributed by atoms with van der Waals surface area (Å²) in [5.74, 6) is 0.707. The summed E-state index contributed by atoms with van der Waals surface area (Å²) in [6.07, 6.45) is 0.834. The number of nitrogens with zero attached hydrogens (tertiary/aromatic N) is 1. The van der Waals surface area contributed by atoms with Gasteiger partial charge in [-0.2, -0.15) is 0 Å². The lowest BCUT2D eigenvalue weighted by Crippen LogP contribution is -1.82. The number of benzene rings is 2. The van der Waals surface area contributed by atoms with Crippen molar-refractivity contribution in [1.82, 2.24) is 4.98 Å². The molecule has 2 aromatic carbocycles. The van der Waals surface area contributed by atoms with Crippen LogP contribution in [0.3, 0.4) is 0 Å². The van der Waals surface area contributed by atoms with Crippen LogP contribution in [0.1, 0.15) is 10.4 Å². The Balaban J connectivity index is 1.89. The third-order valence-electron chi connectivity index (χ3n) is 3.53. The summed E-state index contributed by atoms with van der Waals surface area (Å²) in [4.78, 5) is 15.5. The summed E-state index contributed by atoms with van der Waals surface area (Å²) in [5.41, 5.74) is 3.12. The summed E-state index contributed by atoms with van der Waals surface area (Å²) in [5, 5.41) is 2.00. The van der Waals surface area contributed by atoms with Crippen LogP contribution in [0.25, 0.3) is 33.3 Å². The van der Waals surface area contributed by atoms with Gasteiger partial charge in [-0.15, -0.1) is 0 Å². The number of fused-ring (bicyclic) bond motifs is 2. The second-order valence-corrected chi connectivity index (χ2v) is 4.91. The van der Waals surface area contributed by atoms with Crippen LogP contribution in [-0.2, 0) is 0 Å². The van der Waals surface area contributed by atoms with Gasteiger partial charge >= 0.3 is 0 Å². The maximum atomic E-state index is 10.8. The topological polar surface area (TPSA) is 43.1 Å². The molecule has 0 spiro atoms. The quantitative estimate of drug-likeness (QED) is 0.506. The van der Waals surface area contributed by atoms with Crippen LogP contribution >= 0.6 is 0 Å². The second kappa shape index (κ2) is 4.56. The van der Waals surface area contributed by atoms with Gasteiger partial charge in [-0.1, -0.05) is 24.3 Å². The standard InChI is InChI=1S/C18H11NO2/c20-11-12-5-8-17-14(9-12)10-18(21-17)16-7-6-13-3-1-2-4-15(13)19-16/h1-11H. The number of hydrogen-bond acceptors (Lipinski definition) is 3. The van der Waals surface area contributed by atoms with E-state index in [1.54, 1.807) is 6.07 Å². The van der Waals surface area contributed by atoms with E-state index in [0.29, 0.717) is 11.3 Å². The molecule has 0 atom stereocenters. The van der Waals surface area contributed by atoms with Gasteiger partial charge in [0.05, 0.1) is 5.52 Å². The molecule has 0 saturated heterocycles. The maximum absolute atomic E-state index is 10.8. The van der Waals surface area contributed by atoms with Crippen molar-refractivity contribution >= 4 is 28.2 Å². The van der Waals surface area contributed by atoms with Gasteiger partial charge < -0.3 is 4.42 Å². The molecule has 0 N–H and O–H groups in total. The molecule has 3 heteroatoms. The van der Waals surface area contributed by atoms with Gasteiger partial charge in [-0.3, -0.25) is 4.79 Å². The number of hydrogen-bond donors (Lipinski definition) is 0. The molecule has 0 fully saturated rings. The lowest BCUT2D eigenvalue weighted by molar-refractivity contribution is 0.112. The Morgan fingerprint density at radius 1 is 0.905 bits per heavy atom. The Kier molecular flexibility index (Phi) is 2.57. The summed E-state index contributed by atoms with van der Waals surface area (Å²) in [7, 11) is 0. The zero-order valence-electron chi connectivity index (χ0n) is 11.1. The van der Waals surface area contributed by atoms with Crippen LogP contribution < -0.4 is 0 Å². The van der Waals surface area contributed by atoms with Gasteiger partial charge in [0.25, 0.3) is 0 Å². The SMILES string of the molecule is O=Cc1ccc2oc(-c3ccc4ccccc4n3)cc2c1. The smallest absolute Gasteiger partial charge is 0.153 e.